The van der Waals surface area contributed by atoms with Crippen molar-refractivity contribution in [2.45, 2.75) is 13.0 Å². The van der Waals surface area contributed by atoms with Crippen LogP contribution in [0.25, 0.3) is 0 Å². The summed E-state index contributed by atoms with van der Waals surface area (Å²) in [6.45, 7) is 0.311. The number of carbonyl (C=O) groups excluding carboxylic acids is 2. The third kappa shape index (κ3) is 6.20. The van der Waals surface area contributed by atoms with Crippen LogP contribution < -0.4 is 5.32 Å². The average molecular weight is 449 g/mol. The van der Waals surface area contributed by atoms with E-state index in [0.29, 0.717) is 18.5 Å². The minimum atomic E-state index is -0.605. The van der Waals surface area contributed by atoms with Crippen LogP contribution in [0, 0.1) is 20.2 Å². The molecular weight excluding hydrogens is 430 g/mol. The first-order chi connectivity index (χ1) is 15.8. The van der Waals surface area contributed by atoms with Gasteiger partial charge in [-0.25, -0.2) is 4.79 Å². The van der Waals surface area contributed by atoms with Gasteiger partial charge in [-0.05, 0) is 41.8 Å². The van der Waals surface area contributed by atoms with E-state index in [-0.39, 0.29) is 29.5 Å². The maximum Gasteiger partial charge on any atom is 0.338 e. The molecule has 0 aliphatic heterocycles. The number of nitrogens with zero attached hydrogens (tertiary/aromatic N) is 2. The molecule has 3 rings (SSSR count). The number of nitrogens with one attached hydrogen (secondary N) is 1. The maximum atomic E-state index is 12.2. The van der Waals surface area contributed by atoms with Gasteiger partial charge in [-0.3, -0.25) is 25.0 Å². The van der Waals surface area contributed by atoms with Crippen LogP contribution >= 0.6 is 0 Å². The van der Waals surface area contributed by atoms with E-state index in [0.717, 1.165) is 11.1 Å². The number of non-ortho nitro benzene ring substituents is 2. The molecule has 1 amide bonds. The topological polar surface area (TPSA) is 142 Å². The van der Waals surface area contributed by atoms with Gasteiger partial charge in [-0.2, -0.15) is 0 Å². The van der Waals surface area contributed by atoms with Crippen molar-refractivity contribution in [3.63, 3.8) is 0 Å². The van der Waals surface area contributed by atoms with Gasteiger partial charge >= 0.3 is 5.97 Å². The van der Waals surface area contributed by atoms with Crippen LogP contribution in [0.5, 0.6) is 0 Å². The van der Waals surface area contributed by atoms with Gasteiger partial charge in [0.2, 0.25) is 0 Å². The zero-order valence-electron chi connectivity index (χ0n) is 17.3. The zero-order chi connectivity index (χ0) is 23.8. The van der Waals surface area contributed by atoms with Gasteiger partial charge in [0.1, 0.15) is 6.61 Å². The van der Waals surface area contributed by atoms with E-state index in [1.807, 2.05) is 12.1 Å². The van der Waals surface area contributed by atoms with Crippen molar-refractivity contribution in [1.82, 2.24) is 5.32 Å². The van der Waals surface area contributed by atoms with Crippen molar-refractivity contribution < 1.29 is 24.2 Å². The van der Waals surface area contributed by atoms with E-state index in [9.17, 15) is 29.8 Å². The Hall–Kier alpha value is -4.60. The quantitative estimate of drug-likeness (QED) is 0.297. The highest BCUT2D eigenvalue weighted by molar-refractivity contribution is 5.94. The molecule has 0 heterocycles. The summed E-state index contributed by atoms with van der Waals surface area (Å²) in [6, 6.07) is 17.7. The fourth-order valence-corrected chi connectivity index (χ4v) is 3.04. The second-order valence-electron chi connectivity index (χ2n) is 6.96. The van der Waals surface area contributed by atoms with Gasteiger partial charge in [0.15, 0.2) is 0 Å². The van der Waals surface area contributed by atoms with Crippen LogP contribution in [-0.2, 0) is 17.8 Å². The number of carbonyl (C=O) groups is 2. The number of nitro groups is 2. The van der Waals surface area contributed by atoms with Gasteiger partial charge < -0.3 is 10.1 Å². The summed E-state index contributed by atoms with van der Waals surface area (Å²) in [5, 5.41) is 24.2. The van der Waals surface area contributed by atoms with Crippen LogP contribution in [0.4, 0.5) is 11.4 Å². The van der Waals surface area contributed by atoms with E-state index in [4.69, 9.17) is 4.74 Å². The average Bonchev–Trinajstić information content (AvgIpc) is 2.83. The van der Waals surface area contributed by atoms with Crippen LogP contribution in [0.1, 0.15) is 31.8 Å². The Labute approximate surface area is 188 Å². The summed E-state index contributed by atoms with van der Waals surface area (Å²) in [5.74, 6) is -0.960. The Morgan fingerprint density at radius 2 is 1.27 bits per heavy atom. The molecule has 0 aliphatic carbocycles. The second kappa shape index (κ2) is 10.6. The highest BCUT2D eigenvalue weighted by Crippen LogP contribution is 2.16. The molecule has 0 bridgehead atoms. The molecule has 3 aromatic rings. The summed E-state index contributed by atoms with van der Waals surface area (Å²) in [6.07, 6.45) is 0.476. The maximum absolute atomic E-state index is 12.2. The fraction of sp³-hybridized carbons (Fsp3) is 0.130. The number of esters is 1. The van der Waals surface area contributed by atoms with Gasteiger partial charge in [0, 0.05) is 36.4 Å². The van der Waals surface area contributed by atoms with E-state index >= 15 is 0 Å². The number of rotatable bonds is 9. The number of benzene rings is 3. The van der Waals surface area contributed by atoms with E-state index < -0.39 is 15.8 Å². The Balaban J connectivity index is 1.54. The Morgan fingerprint density at radius 1 is 0.758 bits per heavy atom. The summed E-state index contributed by atoms with van der Waals surface area (Å²) < 4.78 is 5.33. The smallest absolute Gasteiger partial charge is 0.338 e. The molecule has 33 heavy (non-hydrogen) atoms. The van der Waals surface area contributed by atoms with Crippen molar-refractivity contribution >= 4 is 23.3 Å². The number of hydrogen-bond acceptors (Lipinski definition) is 7. The molecule has 10 heteroatoms. The largest absolute Gasteiger partial charge is 0.457 e. The highest BCUT2D eigenvalue weighted by atomic mass is 16.6. The number of nitro benzene ring substituents is 2. The molecule has 0 atom stereocenters. The Morgan fingerprint density at radius 3 is 1.82 bits per heavy atom. The molecule has 0 saturated heterocycles. The van der Waals surface area contributed by atoms with E-state index in [1.54, 1.807) is 12.1 Å². The van der Waals surface area contributed by atoms with Gasteiger partial charge in [0.05, 0.1) is 15.4 Å². The Kier molecular flexibility index (Phi) is 7.43. The minimum Gasteiger partial charge on any atom is -0.457 e. The normalized spacial score (nSPS) is 10.3. The van der Waals surface area contributed by atoms with Crippen molar-refractivity contribution in [1.29, 1.82) is 0 Å². The first kappa shape index (κ1) is 23.1. The summed E-state index contributed by atoms with van der Waals surface area (Å²) in [5.41, 5.74) is 1.94. The molecule has 3 aromatic carbocycles. The number of amides is 1. The fourth-order valence-electron chi connectivity index (χ4n) is 3.04. The molecule has 0 radical (unpaired) electrons. The molecule has 0 spiro atoms. The van der Waals surface area contributed by atoms with Crippen LogP contribution in [0.3, 0.4) is 0 Å². The van der Waals surface area contributed by atoms with Crippen molar-refractivity contribution in [3.8, 4) is 0 Å². The van der Waals surface area contributed by atoms with Crippen LogP contribution in [-0.4, -0.2) is 28.3 Å². The first-order valence-corrected chi connectivity index (χ1v) is 9.86. The van der Waals surface area contributed by atoms with Crippen LogP contribution in [0.2, 0.25) is 0 Å². The predicted molar refractivity (Wildman–Crippen MR) is 118 cm³/mol. The summed E-state index contributed by atoms with van der Waals surface area (Å²) in [4.78, 5) is 44.8. The van der Waals surface area contributed by atoms with Crippen molar-refractivity contribution in [3.05, 3.63) is 115 Å². The standard InChI is InChI=1S/C23H19N3O7/c27-22(17-5-9-20(10-6-17)25(29)30)24-14-13-16-3-1-2-4-19(16)15-33-23(28)18-7-11-21(12-8-18)26(31)32/h1-12H,13-15H2,(H,24,27). The van der Waals surface area contributed by atoms with E-state index in [1.165, 1.54) is 48.5 Å². The molecular formula is C23H19N3O7. The van der Waals surface area contributed by atoms with Gasteiger partial charge in [-0.15, -0.1) is 0 Å². The predicted octanol–water partition coefficient (Wildman–Crippen LogP) is 3.83. The van der Waals surface area contributed by atoms with Crippen molar-refractivity contribution in [2.75, 3.05) is 6.54 Å². The monoisotopic (exact) mass is 449 g/mol. The van der Waals surface area contributed by atoms with Crippen LogP contribution in [0.15, 0.2) is 72.8 Å². The number of hydrogen-bond donors (Lipinski definition) is 1. The van der Waals surface area contributed by atoms with Crippen molar-refractivity contribution in [2.24, 2.45) is 0 Å². The second-order valence-corrected chi connectivity index (χ2v) is 6.96. The third-order valence-electron chi connectivity index (χ3n) is 4.81. The molecule has 0 fully saturated rings. The lowest BCUT2D eigenvalue weighted by Crippen LogP contribution is -2.26. The first-order valence-electron chi connectivity index (χ1n) is 9.86. The lowest BCUT2D eigenvalue weighted by molar-refractivity contribution is -0.385. The lowest BCUT2D eigenvalue weighted by atomic mass is 10.1. The molecule has 0 aromatic heterocycles. The zero-order valence-corrected chi connectivity index (χ0v) is 17.3. The molecule has 0 unspecified atom stereocenters. The van der Waals surface area contributed by atoms with Gasteiger partial charge in [0.25, 0.3) is 17.3 Å². The highest BCUT2D eigenvalue weighted by Gasteiger charge is 2.13. The SMILES string of the molecule is O=C(NCCc1ccccc1COC(=O)c1ccc([N+](=O)[O-])cc1)c1ccc([N+](=O)[O-])cc1. The lowest BCUT2D eigenvalue weighted by Gasteiger charge is -2.11. The molecule has 0 saturated carbocycles. The van der Waals surface area contributed by atoms with Gasteiger partial charge in [-0.1, -0.05) is 24.3 Å². The van der Waals surface area contributed by atoms with E-state index in [2.05, 4.69) is 5.32 Å². The summed E-state index contributed by atoms with van der Waals surface area (Å²) in [7, 11) is 0. The Bertz CT molecular complexity index is 1180. The number of ether oxygens (including phenoxy) is 1. The molecule has 10 nitrogen and oxygen atoms in total. The minimum absolute atomic E-state index is 0.00228. The molecule has 0 aliphatic rings. The third-order valence-corrected chi connectivity index (χ3v) is 4.81. The molecule has 168 valence electrons. The molecule has 1 N–H and O–H groups in total. The summed E-state index contributed by atoms with van der Waals surface area (Å²) >= 11 is 0.